The van der Waals surface area contributed by atoms with E-state index < -0.39 is 0 Å². The molecule has 1 heterocycles. The summed E-state index contributed by atoms with van der Waals surface area (Å²) in [6.07, 6.45) is 6.41. The van der Waals surface area contributed by atoms with Gasteiger partial charge in [-0.1, -0.05) is 19.8 Å². The molecule has 1 aromatic heterocycles. The molecule has 0 bridgehead atoms. The minimum Gasteiger partial charge on any atom is -0.349 e. The van der Waals surface area contributed by atoms with Crippen LogP contribution < -0.4 is 5.32 Å². The number of pyridine rings is 1. The van der Waals surface area contributed by atoms with E-state index in [-0.39, 0.29) is 5.91 Å². The molecule has 0 radical (unpaired) electrons. The van der Waals surface area contributed by atoms with Crippen molar-refractivity contribution in [3.8, 4) is 0 Å². The van der Waals surface area contributed by atoms with E-state index in [0.717, 1.165) is 11.0 Å². The standard InChI is InChI=1S/C13H17BrN2O/c1-9-4-2-3-5-11(9)16-13(17)10-6-7-12(14)15-8-10/h6-9,11H,2-5H2,1H3,(H,16,17). The first-order chi connectivity index (χ1) is 8.16. The second kappa shape index (κ2) is 5.63. The maximum atomic E-state index is 12.0. The first-order valence-corrected chi connectivity index (χ1v) is 6.88. The van der Waals surface area contributed by atoms with Gasteiger partial charge in [0.2, 0.25) is 0 Å². The summed E-state index contributed by atoms with van der Waals surface area (Å²) in [6.45, 7) is 2.21. The molecule has 1 aliphatic carbocycles. The molecule has 4 heteroatoms. The fraction of sp³-hybridized carbons (Fsp3) is 0.538. The predicted molar refractivity (Wildman–Crippen MR) is 70.8 cm³/mol. The molecule has 1 saturated carbocycles. The lowest BCUT2D eigenvalue weighted by Gasteiger charge is -2.29. The van der Waals surface area contributed by atoms with Crippen LogP contribution in [0.1, 0.15) is 43.0 Å². The van der Waals surface area contributed by atoms with Crippen molar-refractivity contribution in [2.24, 2.45) is 5.92 Å². The summed E-state index contributed by atoms with van der Waals surface area (Å²) in [6, 6.07) is 3.90. The Bertz CT molecular complexity index is 391. The van der Waals surface area contributed by atoms with Crippen LogP contribution in [0.4, 0.5) is 0 Å². The molecule has 2 atom stereocenters. The number of hydrogen-bond donors (Lipinski definition) is 1. The fourth-order valence-corrected chi connectivity index (χ4v) is 2.53. The summed E-state index contributed by atoms with van der Waals surface area (Å²) in [5.41, 5.74) is 0.631. The molecule has 92 valence electrons. The Balaban J connectivity index is 1.98. The van der Waals surface area contributed by atoms with Crippen LogP contribution >= 0.6 is 15.9 Å². The summed E-state index contributed by atoms with van der Waals surface area (Å²) in [4.78, 5) is 16.1. The van der Waals surface area contributed by atoms with Crippen molar-refractivity contribution < 1.29 is 4.79 Å². The van der Waals surface area contributed by atoms with Crippen LogP contribution in [-0.2, 0) is 0 Å². The lowest BCUT2D eigenvalue weighted by atomic mass is 9.86. The van der Waals surface area contributed by atoms with Gasteiger partial charge >= 0.3 is 0 Å². The molecule has 2 unspecified atom stereocenters. The van der Waals surface area contributed by atoms with E-state index in [1.807, 2.05) is 0 Å². The fourth-order valence-electron chi connectivity index (χ4n) is 2.29. The minimum atomic E-state index is -0.0104. The molecule has 1 amide bonds. The van der Waals surface area contributed by atoms with Crippen molar-refractivity contribution in [3.05, 3.63) is 28.5 Å². The number of carbonyl (C=O) groups is 1. The zero-order valence-electron chi connectivity index (χ0n) is 9.95. The quantitative estimate of drug-likeness (QED) is 0.852. The number of nitrogens with one attached hydrogen (secondary N) is 1. The number of carbonyl (C=O) groups excluding carboxylic acids is 1. The minimum absolute atomic E-state index is 0.0104. The molecule has 2 rings (SSSR count). The first-order valence-electron chi connectivity index (χ1n) is 6.09. The van der Waals surface area contributed by atoms with E-state index in [9.17, 15) is 4.79 Å². The van der Waals surface area contributed by atoms with Crippen LogP contribution in [-0.4, -0.2) is 16.9 Å². The molecule has 0 saturated heterocycles. The Morgan fingerprint density at radius 1 is 1.41 bits per heavy atom. The molecule has 1 aliphatic rings. The molecular formula is C13H17BrN2O. The van der Waals surface area contributed by atoms with Gasteiger partial charge in [0.05, 0.1) is 5.56 Å². The lowest BCUT2D eigenvalue weighted by molar-refractivity contribution is 0.0910. The number of amides is 1. The molecule has 1 N–H and O–H groups in total. The molecule has 0 aliphatic heterocycles. The SMILES string of the molecule is CC1CCCCC1NC(=O)c1ccc(Br)nc1. The predicted octanol–water partition coefficient (Wildman–Crippen LogP) is 3.15. The third-order valence-electron chi connectivity index (χ3n) is 3.42. The normalized spacial score (nSPS) is 24.4. The highest BCUT2D eigenvalue weighted by Crippen LogP contribution is 2.23. The van der Waals surface area contributed by atoms with Gasteiger partial charge in [-0.3, -0.25) is 4.79 Å². The van der Waals surface area contributed by atoms with Gasteiger partial charge in [0.1, 0.15) is 4.60 Å². The van der Waals surface area contributed by atoms with Gasteiger partial charge in [-0.15, -0.1) is 0 Å². The number of rotatable bonds is 2. The summed E-state index contributed by atoms with van der Waals surface area (Å²) < 4.78 is 0.750. The highest BCUT2D eigenvalue weighted by molar-refractivity contribution is 9.10. The van der Waals surface area contributed by atoms with Gasteiger partial charge in [0.25, 0.3) is 5.91 Å². The van der Waals surface area contributed by atoms with E-state index in [2.05, 4.69) is 33.2 Å². The average Bonchev–Trinajstić information content (AvgIpc) is 2.33. The second-order valence-corrected chi connectivity index (χ2v) is 5.52. The number of nitrogens with zero attached hydrogens (tertiary/aromatic N) is 1. The van der Waals surface area contributed by atoms with E-state index in [4.69, 9.17) is 0 Å². The third-order valence-corrected chi connectivity index (χ3v) is 3.89. The van der Waals surface area contributed by atoms with E-state index >= 15 is 0 Å². The molecule has 0 aromatic carbocycles. The Labute approximate surface area is 110 Å². The average molecular weight is 297 g/mol. The summed E-state index contributed by atoms with van der Waals surface area (Å²) in [5, 5.41) is 3.11. The summed E-state index contributed by atoms with van der Waals surface area (Å²) in [7, 11) is 0. The maximum absolute atomic E-state index is 12.0. The van der Waals surface area contributed by atoms with Crippen molar-refractivity contribution in [1.29, 1.82) is 0 Å². The van der Waals surface area contributed by atoms with Crippen LogP contribution in [0.3, 0.4) is 0 Å². The van der Waals surface area contributed by atoms with Crippen molar-refractivity contribution >= 4 is 21.8 Å². The molecular weight excluding hydrogens is 280 g/mol. The smallest absolute Gasteiger partial charge is 0.253 e. The Hall–Kier alpha value is -0.900. The molecule has 0 spiro atoms. The van der Waals surface area contributed by atoms with E-state index in [1.54, 1.807) is 18.3 Å². The van der Waals surface area contributed by atoms with Crippen LogP contribution in [0, 0.1) is 5.92 Å². The van der Waals surface area contributed by atoms with Crippen LogP contribution in [0.25, 0.3) is 0 Å². The van der Waals surface area contributed by atoms with Crippen molar-refractivity contribution in [1.82, 2.24) is 10.3 Å². The highest BCUT2D eigenvalue weighted by Gasteiger charge is 2.23. The van der Waals surface area contributed by atoms with Crippen molar-refractivity contribution in [2.45, 2.75) is 38.6 Å². The van der Waals surface area contributed by atoms with Gasteiger partial charge in [-0.05, 0) is 46.8 Å². The van der Waals surface area contributed by atoms with E-state index in [0.29, 0.717) is 17.5 Å². The first kappa shape index (κ1) is 12.6. The molecule has 3 nitrogen and oxygen atoms in total. The second-order valence-electron chi connectivity index (χ2n) is 4.71. The van der Waals surface area contributed by atoms with Gasteiger partial charge < -0.3 is 5.32 Å². The number of hydrogen-bond acceptors (Lipinski definition) is 2. The number of halogens is 1. The topological polar surface area (TPSA) is 42.0 Å². The Morgan fingerprint density at radius 2 is 2.18 bits per heavy atom. The van der Waals surface area contributed by atoms with Gasteiger partial charge in [0.15, 0.2) is 0 Å². The van der Waals surface area contributed by atoms with Crippen LogP contribution in [0.5, 0.6) is 0 Å². The maximum Gasteiger partial charge on any atom is 0.253 e. The highest BCUT2D eigenvalue weighted by atomic mass is 79.9. The number of aromatic nitrogens is 1. The molecule has 1 aromatic rings. The zero-order chi connectivity index (χ0) is 12.3. The van der Waals surface area contributed by atoms with Gasteiger partial charge in [-0.25, -0.2) is 4.98 Å². The van der Waals surface area contributed by atoms with Gasteiger partial charge in [-0.2, -0.15) is 0 Å². The zero-order valence-corrected chi connectivity index (χ0v) is 11.5. The largest absolute Gasteiger partial charge is 0.349 e. The van der Waals surface area contributed by atoms with Crippen molar-refractivity contribution in [2.75, 3.05) is 0 Å². The van der Waals surface area contributed by atoms with Crippen molar-refractivity contribution in [3.63, 3.8) is 0 Å². The lowest BCUT2D eigenvalue weighted by Crippen LogP contribution is -2.41. The molecule has 1 fully saturated rings. The van der Waals surface area contributed by atoms with Gasteiger partial charge in [0, 0.05) is 12.2 Å². The monoisotopic (exact) mass is 296 g/mol. The van der Waals surface area contributed by atoms with E-state index in [1.165, 1.54) is 19.3 Å². The third kappa shape index (κ3) is 3.28. The Kier molecular flexibility index (Phi) is 4.15. The summed E-state index contributed by atoms with van der Waals surface area (Å²) in [5.74, 6) is 0.569. The molecule has 17 heavy (non-hydrogen) atoms. The summed E-state index contributed by atoms with van der Waals surface area (Å²) >= 11 is 3.26. The van der Waals surface area contributed by atoms with Crippen LogP contribution in [0.15, 0.2) is 22.9 Å². The Morgan fingerprint density at radius 3 is 2.82 bits per heavy atom. The van der Waals surface area contributed by atoms with Crippen LogP contribution in [0.2, 0.25) is 0 Å².